The molecule has 0 unspecified atom stereocenters. The third-order valence-electron chi connectivity index (χ3n) is 4.42. The average molecular weight is 377 g/mol. The molecule has 4 aromatic rings. The molecule has 24 heavy (non-hydrogen) atoms. The van der Waals surface area contributed by atoms with Crippen molar-refractivity contribution in [2.75, 3.05) is 5.43 Å². The first-order valence-electron chi connectivity index (χ1n) is 7.76. The molecule has 116 valence electrons. The van der Waals surface area contributed by atoms with Crippen LogP contribution in [0.2, 0.25) is 0 Å². The lowest BCUT2D eigenvalue weighted by molar-refractivity contribution is 0.852. The lowest BCUT2D eigenvalue weighted by Crippen LogP contribution is -2.20. The molecule has 0 saturated carbocycles. The minimum Gasteiger partial charge on any atom is -0.303 e. The van der Waals surface area contributed by atoms with Gasteiger partial charge in [0.05, 0.1) is 23.3 Å². The number of anilines is 1. The van der Waals surface area contributed by atoms with Gasteiger partial charge in [0, 0.05) is 9.86 Å². The molecular formula is C19H13BrN4. The zero-order valence-electron chi connectivity index (χ0n) is 12.7. The van der Waals surface area contributed by atoms with E-state index in [4.69, 9.17) is 4.98 Å². The molecule has 4 nitrogen and oxygen atoms in total. The molecule has 0 saturated heterocycles. The summed E-state index contributed by atoms with van der Waals surface area (Å²) in [7, 11) is 0. The van der Waals surface area contributed by atoms with Crippen molar-refractivity contribution in [2.24, 2.45) is 5.10 Å². The standard InChI is InChI=1S/C19H13BrN4/c20-14-8-5-13(6-9-14)16-11-24-17-10-7-12-3-1-2-4-15(12)18(17)21-19(24)23-22-16/h1-10H,11H2,(H,21,23). The second-order valence-electron chi connectivity index (χ2n) is 5.85. The molecule has 5 rings (SSSR count). The van der Waals surface area contributed by atoms with E-state index in [-0.39, 0.29) is 0 Å². The molecule has 1 aliphatic rings. The SMILES string of the molecule is Brc1ccc(C2=NNc3nc4c5ccccc5ccc4n3C2)cc1. The molecule has 0 radical (unpaired) electrons. The molecule has 0 aliphatic carbocycles. The highest BCUT2D eigenvalue weighted by atomic mass is 79.9. The Labute approximate surface area is 146 Å². The van der Waals surface area contributed by atoms with E-state index in [0.717, 1.165) is 32.7 Å². The number of nitrogens with zero attached hydrogens (tertiary/aromatic N) is 3. The van der Waals surface area contributed by atoms with Crippen LogP contribution in [0.3, 0.4) is 0 Å². The third kappa shape index (κ3) is 2.05. The molecule has 1 N–H and O–H groups in total. The second kappa shape index (κ2) is 5.18. The Balaban J connectivity index is 1.64. The summed E-state index contributed by atoms with van der Waals surface area (Å²) in [5.41, 5.74) is 7.36. The van der Waals surface area contributed by atoms with Crippen LogP contribution in [0.25, 0.3) is 21.8 Å². The number of hydrazone groups is 1. The maximum Gasteiger partial charge on any atom is 0.225 e. The Kier molecular flexibility index (Phi) is 2.97. The summed E-state index contributed by atoms with van der Waals surface area (Å²) < 4.78 is 3.25. The number of fused-ring (bicyclic) bond motifs is 5. The number of hydrogen-bond donors (Lipinski definition) is 1. The van der Waals surface area contributed by atoms with Gasteiger partial charge in [-0.15, -0.1) is 0 Å². The van der Waals surface area contributed by atoms with E-state index >= 15 is 0 Å². The first kappa shape index (κ1) is 13.7. The highest BCUT2D eigenvalue weighted by molar-refractivity contribution is 9.10. The van der Waals surface area contributed by atoms with E-state index < -0.39 is 0 Å². The second-order valence-corrected chi connectivity index (χ2v) is 6.77. The summed E-state index contributed by atoms with van der Waals surface area (Å²) in [5, 5.41) is 6.89. The van der Waals surface area contributed by atoms with Crippen LogP contribution in [0.5, 0.6) is 0 Å². The predicted octanol–water partition coefficient (Wildman–Crippen LogP) is 4.78. The van der Waals surface area contributed by atoms with Gasteiger partial charge in [0.25, 0.3) is 0 Å². The van der Waals surface area contributed by atoms with Crippen molar-refractivity contribution in [3.8, 4) is 0 Å². The maximum atomic E-state index is 4.76. The van der Waals surface area contributed by atoms with Crippen LogP contribution >= 0.6 is 15.9 Å². The number of nitrogens with one attached hydrogen (secondary N) is 1. The highest BCUT2D eigenvalue weighted by Gasteiger charge is 2.19. The lowest BCUT2D eigenvalue weighted by Gasteiger charge is -2.16. The van der Waals surface area contributed by atoms with Crippen molar-refractivity contribution in [1.82, 2.24) is 9.55 Å². The van der Waals surface area contributed by atoms with Crippen LogP contribution in [0.15, 0.2) is 70.2 Å². The molecule has 0 fully saturated rings. The minimum atomic E-state index is 0.707. The fourth-order valence-electron chi connectivity index (χ4n) is 3.21. The van der Waals surface area contributed by atoms with Gasteiger partial charge in [-0.05, 0) is 29.1 Å². The van der Waals surface area contributed by atoms with Gasteiger partial charge in [-0.1, -0.05) is 58.4 Å². The number of halogens is 1. The zero-order valence-corrected chi connectivity index (χ0v) is 14.3. The molecule has 0 spiro atoms. The lowest BCUT2D eigenvalue weighted by atomic mass is 10.1. The summed E-state index contributed by atoms with van der Waals surface area (Å²) in [5.74, 6) is 0.794. The van der Waals surface area contributed by atoms with Crippen LogP contribution in [0.1, 0.15) is 5.56 Å². The summed E-state index contributed by atoms with van der Waals surface area (Å²) >= 11 is 3.47. The topological polar surface area (TPSA) is 42.2 Å². The van der Waals surface area contributed by atoms with Gasteiger partial charge in [0.1, 0.15) is 0 Å². The van der Waals surface area contributed by atoms with Crippen molar-refractivity contribution in [1.29, 1.82) is 0 Å². The quantitative estimate of drug-likeness (QED) is 0.519. The van der Waals surface area contributed by atoms with Crippen LogP contribution < -0.4 is 5.43 Å². The number of hydrogen-bond acceptors (Lipinski definition) is 3. The predicted molar refractivity (Wildman–Crippen MR) is 102 cm³/mol. The van der Waals surface area contributed by atoms with Crippen molar-refractivity contribution >= 4 is 49.4 Å². The highest BCUT2D eigenvalue weighted by Crippen LogP contribution is 2.29. The van der Waals surface area contributed by atoms with Gasteiger partial charge >= 0.3 is 0 Å². The van der Waals surface area contributed by atoms with Crippen molar-refractivity contribution < 1.29 is 0 Å². The van der Waals surface area contributed by atoms with Gasteiger partial charge in [-0.3, -0.25) is 0 Å². The molecule has 0 amide bonds. The summed E-state index contributed by atoms with van der Waals surface area (Å²) in [4.78, 5) is 4.76. The van der Waals surface area contributed by atoms with Crippen molar-refractivity contribution in [3.63, 3.8) is 0 Å². The molecule has 0 atom stereocenters. The number of rotatable bonds is 1. The molecule has 5 heteroatoms. The summed E-state index contributed by atoms with van der Waals surface area (Å²) in [6.07, 6.45) is 0. The van der Waals surface area contributed by atoms with E-state index in [1.54, 1.807) is 0 Å². The number of benzene rings is 3. The van der Waals surface area contributed by atoms with E-state index in [9.17, 15) is 0 Å². The molecule has 2 heterocycles. The largest absolute Gasteiger partial charge is 0.303 e. The van der Waals surface area contributed by atoms with Crippen LogP contribution in [-0.4, -0.2) is 15.3 Å². The van der Waals surface area contributed by atoms with Gasteiger partial charge < -0.3 is 4.57 Å². The Hall–Kier alpha value is -2.66. The van der Waals surface area contributed by atoms with Crippen LogP contribution in [0, 0.1) is 0 Å². The third-order valence-corrected chi connectivity index (χ3v) is 4.95. The Morgan fingerprint density at radius 1 is 0.958 bits per heavy atom. The van der Waals surface area contributed by atoms with Crippen LogP contribution in [0.4, 0.5) is 5.95 Å². The van der Waals surface area contributed by atoms with Gasteiger partial charge in [0.15, 0.2) is 0 Å². The number of aromatic nitrogens is 2. The maximum absolute atomic E-state index is 4.76. The molecule has 1 aromatic heterocycles. The first-order chi connectivity index (χ1) is 11.8. The van der Waals surface area contributed by atoms with E-state index in [2.05, 4.69) is 79.6 Å². The molecule has 3 aromatic carbocycles. The average Bonchev–Trinajstić information content (AvgIpc) is 3.01. The normalized spacial score (nSPS) is 13.6. The summed E-state index contributed by atoms with van der Waals surface area (Å²) in [6, 6.07) is 20.8. The summed E-state index contributed by atoms with van der Waals surface area (Å²) in [6.45, 7) is 0.707. The Morgan fingerprint density at radius 3 is 2.67 bits per heavy atom. The fourth-order valence-corrected chi connectivity index (χ4v) is 3.47. The number of imidazole rings is 1. The first-order valence-corrected chi connectivity index (χ1v) is 8.55. The molecular weight excluding hydrogens is 364 g/mol. The fraction of sp³-hybridized carbons (Fsp3) is 0.0526. The van der Waals surface area contributed by atoms with Gasteiger partial charge in [0.2, 0.25) is 5.95 Å². The van der Waals surface area contributed by atoms with Crippen molar-refractivity contribution in [2.45, 2.75) is 6.54 Å². The van der Waals surface area contributed by atoms with Crippen LogP contribution in [-0.2, 0) is 6.54 Å². The van der Waals surface area contributed by atoms with Crippen molar-refractivity contribution in [3.05, 3.63) is 70.7 Å². The Morgan fingerprint density at radius 2 is 1.79 bits per heavy atom. The van der Waals surface area contributed by atoms with E-state index in [1.165, 1.54) is 10.8 Å². The monoisotopic (exact) mass is 376 g/mol. The Bertz CT molecular complexity index is 1110. The van der Waals surface area contributed by atoms with E-state index in [0.29, 0.717) is 6.54 Å². The minimum absolute atomic E-state index is 0.707. The van der Waals surface area contributed by atoms with Gasteiger partial charge in [-0.2, -0.15) is 5.10 Å². The molecule has 0 bridgehead atoms. The zero-order chi connectivity index (χ0) is 16.1. The van der Waals surface area contributed by atoms with E-state index in [1.807, 2.05) is 12.1 Å². The van der Waals surface area contributed by atoms with Gasteiger partial charge in [-0.25, -0.2) is 10.4 Å². The molecule has 1 aliphatic heterocycles. The smallest absolute Gasteiger partial charge is 0.225 e.